The second kappa shape index (κ2) is 8.89. The fourth-order valence-electron chi connectivity index (χ4n) is 4.62. The van der Waals surface area contributed by atoms with E-state index in [0.717, 1.165) is 27.8 Å². The Morgan fingerprint density at radius 1 is 0.889 bits per heavy atom. The third-order valence-corrected chi connectivity index (χ3v) is 6.55. The highest BCUT2D eigenvalue weighted by Crippen LogP contribution is 2.32. The van der Waals surface area contributed by atoms with Crippen LogP contribution in [0.25, 0.3) is 21.9 Å². The molecule has 1 atom stereocenters. The number of hydrogen-bond donors (Lipinski definition) is 1. The van der Waals surface area contributed by atoms with Crippen LogP contribution in [0.5, 0.6) is 11.5 Å². The molecule has 178 valence electrons. The van der Waals surface area contributed by atoms with Gasteiger partial charge in [-0.2, -0.15) is 0 Å². The van der Waals surface area contributed by atoms with Crippen LogP contribution < -0.4 is 15.0 Å². The number of furan rings is 1. The lowest BCUT2D eigenvalue weighted by molar-refractivity contribution is -0.122. The van der Waals surface area contributed by atoms with E-state index in [1.54, 1.807) is 4.90 Å². The van der Waals surface area contributed by atoms with Crippen LogP contribution in [0.2, 0.25) is 0 Å². The molecule has 1 saturated heterocycles. The molecule has 6 heteroatoms. The fourth-order valence-corrected chi connectivity index (χ4v) is 4.62. The minimum absolute atomic E-state index is 0.0740. The van der Waals surface area contributed by atoms with Crippen molar-refractivity contribution < 1.29 is 18.7 Å². The van der Waals surface area contributed by atoms with E-state index >= 15 is 0 Å². The molecule has 0 aliphatic carbocycles. The number of nitrogens with zero attached hydrogens (tertiary/aromatic N) is 1. The SMILES string of the molecule is Cc1ccc(Oc2ccc(N3C[C@@H](C(=O)Nc4ccc5c(c4)oc4ccccc45)CC3=O)cc2)cc1. The zero-order valence-electron chi connectivity index (χ0n) is 19.7. The topological polar surface area (TPSA) is 71.8 Å². The van der Waals surface area contributed by atoms with Crippen LogP contribution in [0.4, 0.5) is 11.4 Å². The van der Waals surface area contributed by atoms with Gasteiger partial charge in [0.15, 0.2) is 0 Å². The number of ether oxygens (including phenoxy) is 1. The third kappa shape index (κ3) is 4.18. The first-order valence-electron chi connectivity index (χ1n) is 11.9. The second-order valence-corrected chi connectivity index (χ2v) is 9.11. The smallest absolute Gasteiger partial charge is 0.229 e. The van der Waals surface area contributed by atoms with E-state index in [2.05, 4.69) is 5.32 Å². The average Bonchev–Trinajstić information content (AvgIpc) is 3.46. The lowest BCUT2D eigenvalue weighted by Gasteiger charge is -2.17. The highest BCUT2D eigenvalue weighted by molar-refractivity contribution is 6.07. The summed E-state index contributed by atoms with van der Waals surface area (Å²) in [5.41, 5.74) is 4.08. The van der Waals surface area contributed by atoms with Gasteiger partial charge >= 0.3 is 0 Å². The number of fused-ring (bicyclic) bond motifs is 3. The molecule has 2 heterocycles. The molecule has 36 heavy (non-hydrogen) atoms. The number of hydrogen-bond acceptors (Lipinski definition) is 4. The number of nitrogens with one attached hydrogen (secondary N) is 1. The van der Waals surface area contributed by atoms with Gasteiger partial charge in [-0.1, -0.05) is 35.9 Å². The molecule has 0 spiro atoms. The van der Waals surface area contributed by atoms with Crippen LogP contribution in [-0.4, -0.2) is 18.4 Å². The van der Waals surface area contributed by atoms with Crippen molar-refractivity contribution in [2.45, 2.75) is 13.3 Å². The molecule has 5 aromatic rings. The van der Waals surface area contributed by atoms with Crippen molar-refractivity contribution in [2.75, 3.05) is 16.8 Å². The van der Waals surface area contributed by atoms with E-state index in [-0.39, 0.29) is 18.2 Å². The Labute approximate surface area is 208 Å². The molecular formula is C30H24N2O4. The van der Waals surface area contributed by atoms with Crippen molar-refractivity contribution >= 4 is 45.1 Å². The van der Waals surface area contributed by atoms with Crippen molar-refractivity contribution in [2.24, 2.45) is 5.92 Å². The summed E-state index contributed by atoms with van der Waals surface area (Å²) in [6.45, 7) is 2.36. The first kappa shape index (κ1) is 21.9. The summed E-state index contributed by atoms with van der Waals surface area (Å²) in [5.74, 6) is 0.746. The van der Waals surface area contributed by atoms with E-state index in [0.29, 0.717) is 23.6 Å². The van der Waals surface area contributed by atoms with E-state index in [4.69, 9.17) is 9.15 Å². The third-order valence-electron chi connectivity index (χ3n) is 6.55. The number of anilines is 2. The molecule has 0 unspecified atom stereocenters. The monoisotopic (exact) mass is 476 g/mol. The predicted octanol–water partition coefficient (Wildman–Crippen LogP) is 6.68. The van der Waals surface area contributed by atoms with E-state index < -0.39 is 5.92 Å². The molecule has 1 N–H and O–H groups in total. The van der Waals surface area contributed by atoms with Crippen LogP contribution in [0.1, 0.15) is 12.0 Å². The largest absolute Gasteiger partial charge is 0.457 e. The number of rotatable bonds is 5. The van der Waals surface area contributed by atoms with Crippen LogP contribution in [0, 0.1) is 12.8 Å². The number of amides is 2. The molecule has 1 fully saturated rings. The molecule has 1 aromatic heterocycles. The summed E-state index contributed by atoms with van der Waals surface area (Å²) in [5, 5.41) is 5.00. The van der Waals surface area contributed by atoms with Gasteiger partial charge in [-0.3, -0.25) is 9.59 Å². The van der Waals surface area contributed by atoms with Crippen molar-refractivity contribution in [1.82, 2.24) is 0 Å². The van der Waals surface area contributed by atoms with Crippen molar-refractivity contribution in [3.05, 3.63) is 96.6 Å². The fraction of sp³-hybridized carbons (Fsp3) is 0.133. The minimum Gasteiger partial charge on any atom is -0.457 e. The molecule has 1 aliphatic rings. The first-order valence-corrected chi connectivity index (χ1v) is 11.9. The predicted molar refractivity (Wildman–Crippen MR) is 141 cm³/mol. The van der Waals surface area contributed by atoms with Crippen LogP contribution in [0.15, 0.2) is 95.4 Å². The van der Waals surface area contributed by atoms with Gasteiger partial charge in [-0.05, 0) is 61.5 Å². The maximum absolute atomic E-state index is 13.0. The summed E-state index contributed by atoms with van der Waals surface area (Å²) in [7, 11) is 0. The Balaban J connectivity index is 1.12. The van der Waals surface area contributed by atoms with Crippen molar-refractivity contribution in [3.8, 4) is 11.5 Å². The Morgan fingerprint density at radius 3 is 2.36 bits per heavy atom. The van der Waals surface area contributed by atoms with E-state index in [1.165, 1.54) is 5.56 Å². The molecular weight excluding hydrogens is 452 g/mol. The summed E-state index contributed by atoms with van der Waals surface area (Å²) in [4.78, 5) is 27.4. The number of carbonyl (C=O) groups is 2. The summed E-state index contributed by atoms with van der Waals surface area (Å²) >= 11 is 0. The van der Waals surface area contributed by atoms with Gasteiger partial charge in [0, 0.05) is 41.2 Å². The summed E-state index contributed by atoms with van der Waals surface area (Å²) < 4.78 is 11.8. The normalized spacial score (nSPS) is 15.5. The van der Waals surface area contributed by atoms with Gasteiger partial charge in [0.05, 0.1) is 5.92 Å². The second-order valence-electron chi connectivity index (χ2n) is 9.11. The highest BCUT2D eigenvalue weighted by Gasteiger charge is 2.35. The Hall–Kier alpha value is -4.58. The van der Waals surface area contributed by atoms with Gasteiger partial charge in [-0.25, -0.2) is 0 Å². The maximum Gasteiger partial charge on any atom is 0.229 e. The quantitative estimate of drug-likeness (QED) is 0.307. The molecule has 4 aromatic carbocycles. The van der Waals surface area contributed by atoms with Gasteiger partial charge in [-0.15, -0.1) is 0 Å². The van der Waals surface area contributed by atoms with Crippen LogP contribution >= 0.6 is 0 Å². The van der Waals surface area contributed by atoms with Crippen LogP contribution in [0.3, 0.4) is 0 Å². The maximum atomic E-state index is 13.0. The zero-order valence-corrected chi connectivity index (χ0v) is 19.7. The summed E-state index contributed by atoms with van der Waals surface area (Å²) in [6.07, 6.45) is 0.167. The van der Waals surface area contributed by atoms with Gasteiger partial charge < -0.3 is 19.4 Å². The Morgan fingerprint density at radius 2 is 1.58 bits per heavy atom. The van der Waals surface area contributed by atoms with E-state index in [1.807, 2.05) is 97.9 Å². The highest BCUT2D eigenvalue weighted by atomic mass is 16.5. The molecule has 6 rings (SSSR count). The van der Waals surface area contributed by atoms with Crippen molar-refractivity contribution in [1.29, 1.82) is 0 Å². The van der Waals surface area contributed by atoms with Gasteiger partial charge in [0.25, 0.3) is 0 Å². The lowest BCUT2D eigenvalue weighted by Crippen LogP contribution is -2.28. The van der Waals surface area contributed by atoms with E-state index in [9.17, 15) is 9.59 Å². The number of benzene rings is 4. The minimum atomic E-state index is -0.438. The Bertz CT molecular complexity index is 1590. The molecule has 0 radical (unpaired) electrons. The van der Waals surface area contributed by atoms with Crippen molar-refractivity contribution in [3.63, 3.8) is 0 Å². The molecule has 6 nitrogen and oxygen atoms in total. The molecule has 2 amide bonds. The standard InChI is InChI=1S/C30H24N2O4/c1-19-6-11-23(12-7-19)35-24-13-9-22(10-14-24)32-18-20(16-29(32)33)30(34)31-21-8-15-26-25-4-2-3-5-27(25)36-28(26)17-21/h2-15,17,20H,16,18H2,1H3,(H,31,34)/t20-/m0/s1. The van der Waals surface area contributed by atoms with Gasteiger partial charge in [0.1, 0.15) is 22.7 Å². The number of para-hydroxylation sites is 1. The first-order chi connectivity index (χ1) is 17.5. The number of aryl methyl sites for hydroxylation is 1. The molecule has 1 aliphatic heterocycles. The number of carbonyl (C=O) groups excluding carboxylic acids is 2. The average molecular weight is 477 g/mol. The van der Waals surface area contributed by atoms with Crippen LogP contribution in [-0.2, 0) is 9.59 Å². The lowest BCUT2D eigenvalue weighted by atomic mass is 10.1. The molecule has 0 saturated carbocycles. The zero-order chi connectivity index (χ0) is 24.6. The molecule has 0 bridgehead atoms. The van der Waals surface area contributed by atoms with Gasteiger partial charge in [0.2, 0.25) is 11.8 Å². The summed E-state index contributed by atoms with van der Waals surface area (Å²) in [6, 6.07) is 28.7. The Kier molecular flexibility index (Phi) is 5.41.